The summed E-state index contributed by atoms with van der Waals surface area (Å²) in [5.41, 5.74) is 1.94. The van der Waals surface area contributed by atoms with Crippen LogP contribution < -0.4 is 5.32 Å². The van der Waals surface area contributed by atoms with Crippen LogP contribution in [0.4, 0.5) is 5.69 Å². The molecule has 1 unspecified atom stereocenters. The quantitative estimate of drug-likeness (QED) is 0.799. The predicted molar refractivity (Wildman–Crippen MR) is 75.1 cm³/mol. The molecule has 0 heterocycles. The topological polar surface area (TPSA) is 38.3 Å². The molecule has 1 N–H and O–H groups in total. The first-order valence-corrected chi connectivity index (χ1v) is 6.65. The van der Waals surface area contributed by atoms with Crippen molar-refractivity contribution in [3.8, 4) is 0 Å². The van der Waals surface area contributed by atoms with Crippen molar-refractivity contribution in [2.75, 3.05) is 11.9 Å². The molecule has 1 rings (SSSR count). The van der Waals surface area contributed by atoms with Gasteiger partial charge in [-0.1, -0.05) is 31.0 Å². The molecular weight excluding hydrogens is 250 g/mol. The third-order valence-corrected chi connectivity index (χ3v) is 2.91. The Morgan fingerprint density at radius 1 is 1.44 bits per heavy atom. The number of aryl methyl sites for hydroxylation is 1. The number of hydrogen-bond donors (Lipinski definition) is 1. The molecule has 0 saturated heterocycles. The maximum absolute atomic E-state index is 11.8. The highest BCUT2D eigenvalue weighted by Crippen LogP contribution is 2.22. The zero-order valence-corrected chi connectivity index (χ0v) is 11.9. The zero-order chi connectivity index (χ0) is 13.5. The summed E-state index contributed by atoms with van der Waals surface area (Å²) >= 11 is 5.96. The summed E-state index contributed by atoms with van der Waals surface area (Å²) in [6.45, 7) is 6.23. The van der Waals surface area contributed by atoms with E-state index < -0.39 is 0 Å². The molecule has 0 amide bonds. The molecule has 0 radical (unpaired) electrons. The molecule has 0 saturated carbocycles. The van der Waals surface area contributed by atoms with Gasteiger partial charge in [-0.3, -0.25) is 0 Å². The third-order valence-electron chi connectivity index (χ3n) is 2.68. The van der Waals surface area contributed by atoms with Gasteiger partial charge in [0.05, 0.1) is 6.61 Å². The molecule has 0 aliphatic rings. The van der Waals surface area contributed by atoms with Crippen molar-refractivity contribution in [3.05, 3.63) is 28.8 Å². The van der Waals surface area contributed by atoms with E-state index in [1.54, 1.807) is 0 Å². The molecule has 18 heavy (non-hydrogen) atoms. The first-order chi connectivity index (χ1) is 8.58. The summed E-state index contributed by atoms with van der Waals surface area (Å²) in [7, 11) is 0. The van der Waals surface area contributed by atoms with Crippen molar-refractivity contribution in [3.63, 3.8) is 0 Å². The number of benzene rings is 1. The van der Waals surface area contributed by atoms with Gasteiger partial charge in [0, 0.05) is 10.7 Å². The Kier molecular flexibility index (Phi) is 5.99. The number of esters is 1. The zero-order valence-electron chi connectivity index (χ0n) is 11.1. The minimum atomic E-state index is -0.313. The molecule has 0 aromatic heterocycles. The molecule has 4 heteroatoms. The van der Waals surface area contributed by atoms with Crippen LogP contribution in [0.3, 0.4) is 0 Å². The Balaban J connectivity index is 2.82. The SMILES string of the molecule is CCCC(Nc1cc(Cl)ccc1C)C(=O)OCC. The maximum atomic E-state index is 11.8. The smallest absolute Gasteiger partial charge is 0.328 e. The van der Waals surface area contributed by atoms with Gasteiger partial charge in [-0.25, -0.2) is 4.79 Å². The van der Waals surface area contributed by atoms with E-state index in [1.807, 2.05) is 39.0 Å². The van der Waals surface area contributed by atoms with Crippen molar-refractivity contribution in [1.82, 2.24) is 0 Å². The van der Waals surface area contributed by atoms with Crippen molar-refractivity contribution in [2.24, 2.45) is 0 Å². The lowest BCUT2D eigenvalue weighted by atomic mass is 10.1. The van der Waals surface area contributed by atoms with E-state index in [-0.39, 0.29) is 12.0 Å². The lowest BCUT2D eigenvalue weighted by Gasteiger charge is -2.19. The standard InChI is InChI=1S/C14H20ClNO2/c1-4-6-12(14(17)18-5-2)16-13-9-11(15)8-7-10(13)3/h7-9,12,16H,4-6H2,1-3H3. The van der Waals surface area contributed by atoms with Gasteiger partial charge in [0.15, 0.2) is 0 Å². The van der Waals surface area contributed by atoms with Crippen molar-refractivity contribution in [2.45, 2.75) is 39.7 Å². The number of hydrogen-bond acceptors (Lipinski definition) is 3. The number of ether oxygens (including phenoxy) is 1. The van der Waals surface area contributed by atoms with Gasteiger partial charge in [-0.15, -0.1) is 0 Å². The Morgan fingerprint density at radius 3 is 2.78 bits per heavy atom. The molecule has 0 bridgehead atoms. The molecule has 0 fully saturated rings. The van der Waals surface area contributed by atoms with E-state index in [4.69, 9.17) is 16.3 Å². The van der Waals surface area contributed by atoms with Gasteiger partial charge in [-0.05, 0) is 38.0 Å². The molecular formula is C14H20ClNO2. The van der Waals surface area contributed by atoms with E-state index >= 15 is 0 Å². The van der Waals surface area contributed by atoms with Crippen LogP contribution in [0.25, 0.3) is 0 Å². The van der Waals surface area contributed by atoms with Gasteiger partial charge < -0.3 is 10.1 Å². The van der Waals surface area contributed by atoms with Gasteiger partial charge in [0.25, 0.3) is 0 Å². The normalized spacial score (nSPS) is 12.0. The molecule has 100 valence electrons. The molecule has 0 spiro atoms. The summed E-state index contributed by atoms with van der Waals surface area (Å²) in [5.74, 6) is -0.210. The molecule has 1 aromatic carbocycles. The summed E-state index contributed by atoms with van der Waals surface area (Å²) < 4.78 is 5.06. The van der Waals surface area contributed by atoms with Crippen molar-refractivity contribution >= 4 is 23.3 Å². The predicted octanol–water partition coefficient (Wildman–Crippen LogP) is 3.79. The van der Waals surface area contributed by atoms with E-state index in [1.165, 1.54) is 0 Å². The second kappa shape index (κ2) is 7.27. The summed E-state index contributed by atoms with van der Waals surface area (Å²) in [6, 6.07) is 5.28. The number of nitrogens with one attached hydrogen (secondary N) is 1. The molecule has 3 nitrogen and oxygen atoms in total. The molecule has 1 atom stereocenters. The largest absolute Gasteiger partial charge is 0.464 e. The summed E-state index contributed by atoms with van der Waals surface area (Å²) in [5, 5.41) is 3.87. The van der Waals surface area contributed by atoms with Crippen LogP contribution in [0.1, 0.15) is 32.3 Å². The Hall–Kier alpha value is -1.22. The van der Waals surface area contributed by atoms with E-state index in [0.29, 0.717) is 11.6 Å². The van der Waals surface area contributed by atoms with Gasteiger partial charge in [-0.2, -0.15) is 0 Å². The van der Waals surface area contributed by atoms with E-state index in [0.717, 1.165) is 24.1 Å². The van der Waals surface area contributed by atoms with Gasteiger partial charge >= 0.3 is 5.97 Å². The third kappa shape index (κ3) is 4.22. The van der Waals surface area contributed by atoms with Crippen LogP contribution >= 0.6 is 11.6 Å². The number of anilines is 1. The average Bonchev–Trinajstić information content (AvgIpc) is 2.33. The highest BCUT2D eigenvalue weighted by Gasteiger charge is 2.19. The van der Waals surface area contributed by atoms with E-state index in [9.17, 15) is 4.79 Å². The van der Waals surface area contributed by atoms with Crippen LogP contribution in [0.2, 0.25) is 5.02 Å². The highest BCUT2D eigenvalue weighted by molar-refractivity contribution is 6.30. The van der Waals surface area contributed by atoms with Gasteiger partial charge in [0.1, 0.15) is 6.04 Å². The monoisotopic (exact) mass is 269 g/mol. The average molecular weight is 270 g/mol. The first kappa shape index (κ1) is 14.8. The second-order valence-corrected chi connectivity index (χ2v) is 4.63. The highest BCUT2D eigenvalue weighted by atomic mass is 35.5. The minimum Gasteiger partial charge on any atom is -0.464 e. The Morgan fingerprint density at radius 2 is 2.17 bits per heavy atom. The minimum absolute atomic E-state index is 0.210. The Bertz CT molecular complexity index is 407. The summed E-state index contributed by atoms with van der Waals surface area (Å²) in [4.78, 5) is 11.8. The number of halogens is 1. The molecule has 1 aromatic rings. The van der Waals surface area contributed by atoms with Crippen LogP contribution in [-0.2, 0) is 9.53 Å². The number of rotatable bonds is 6. The lowest BCUT2D eigenvalue weighted by molar-refractivity contribution is -0.144. The van der Waals surface area contributed by atoms with Crippen molar-refractivity contribution < 1.29 is 9.53 Å². The Labute approximate surface area is 113 Å². The van der Waals surface area contributed by atoms with Crippen LogP contribution in [0.5, 0.6) is 0 Å². The molecule has 0 aliphatic heterocycles. The fourth-order valence-electron chi connectivity index (χ4n) is 1.72. The second-order valence-electron chi connectivity index (χ2n) is 4.20. The van der Waals surface area contributed by atoms with E-state index in [2.05, 4.69) is 5.32 Å². The fourth-order valence-corrected chi connectivity index (χ4v) is 1.89. The molecule has 0 aliphatic carbocycles. The maximum Gasteiger partial charge on any atom is 0.328 e. The summed E-state index contributed by atoms with van der Waals surface area (Å²) in [6.07, 6.45) is 1.65. The van der Waals surface area contributed by atoms with Crippen LogP contribution in [-0.4, -0.2) is 18.6 Å². The number of carbonyl (C=O) groups is 1. The van der Waals surface area contributed by atoms with Crippen LogP contribution in [0, 0.1) is 6.92 Å². The van der Waals surface area contributed by atoms with Gasteiger partial charge in [0.2, 0.25) is 0 Å². The van der Waals surface area contributed by atoms with Crippen molar-refractivity contribution in [1.29, 1.82) is 0 Å². The van der Waals surface area contributed by atoms with Crippen LogP contribution in [0.15, 0.2) is 18.2 Å². The first-order valence-electron chi connectivity index (χ1n) is 6.27. The fraction of sp³-hybridized carbons (Fsp3) is 0.500. The lowest BCUT2D eigenvalue weighted by Crippen LogP contribution is -2.31. The number of carbonyl (C=O) groups excluding carboxylic acids is 1.